The monoisotopic (exact) mass is 414 g/mol. The van der Waals surface area contributed by atoms with Gasteiger partial charge in [0.1, 0.15) is 0 Å². The first-order chi connectivity index (χ1) is 13.3. The minimum absolute atomic E-state index is 0.0104. The Morgan fingerprint density at radius 1 is 0.857 bits per heavy atom. The van der Waals surface area contributed by atoms with E-state index in [9.17, 15) is 13.2 Å². The van der Waals surface area contributed by atoms with Crippen LogP contribution < -0.4 is 10.0 Å². The molecule has 0 fully saturated rings. The number of hydrogen-bond acceptors (Lipinski definition) is 3. The molecule has 3 aromatic carbocycles. The zero-order valence-electron chi connectivity index (χ0n) is 15.4. The molecule has 0 saturated carbocycles. The average molecular weight is 415 g/mol. The summed E-state index contributed by atoms with van der Waals surface area (Å²) in [6.07, 6.45) is 0. The van der Waals surface area contributed by atoms with Crippen molar-refractivity contribution in [1.29, 1.82) is 0 Å². The van der Waals surface area contributed by atoms with Crippen molar-refractivity contribution in [1.82, 2.24) is 0 Å². The Balaban J connectivity index is 1.85. The minimum Gasteiger partial charge on any atom is -0.322 e. The predicted molar refractivity (Wildman–Crippen MR) is 113 cm³/mol. The van der Waals surface area contributed by atoms with Gasteiger partial charge in [-0.25, -0.2) is 8.42 Å². The number of aryl methyl sites for hydroxylation is 2. The second-order valence-electron chi connectivity index (χ2n) is 6.36. The lowest BCUT2D eigenvalue weighted by atomic mass is 10.1. The van der Waals surface area contributed by atoms with Gasteiger partial charge in [0.2, 0.25) is 0 Å². The maximum absolute atomic E-state index is 12.7. The molecule has 144 valence electrons. The molecule has 5 nitrogen and oxygen atoms in total. The first kappa shape index (κ1) is 19.9. The summed E-state index contributed by atoms with van der Waals surface area (Å²) in [5, 5.41) is 3.35. The summed E-state index contributed by atoms with van der Waals surface area (Å²) >= 11 is 5.93. The van der Waals surface area contributed by atoms with Crippen molar-refractivity contribution in [3.8, 4) is 0 Å². The molecule has 0 unspecified atom stereocenters. The third kappa shape index (κ3) is 4.52. The summed E-state index contributed by atoms with van der Waals surface area (Å²) < 4.78 is 28.0. The van der Waals surface area contributed by atoms with E-state index in [2.05, 4.69) is 10.0 Å². The van der Waals surface area contributed by atoms with Gasteiger partial charge in [0.25, 0.3) is 15.9 Å². The summed E-state index contributed by atoms with van der Waals surface area (Å²) in [6.45, 7) is 3.64. The highest BCUT2D eigenvalue weighted by atomic mass is 35.5. The molecule has 28 heavy (non-hydrogen) atoms. The van der Waals surface area contributed by atoms with Gasteiger partial charge in [0, 0.05) is 16.3 Å². The van der Waals surface area contributed by atoms with Crippen LogP contribution in [0.4, 0.5) is 11.4 Å². The second kappa shape index (κ2) is 8.04. The minimum atomic E-state index is -3.83. The Hall–Kier alpha value is -2.83. The van der Waals surface area contributed by atoms with E-state index < -0.39 is 15.9 Å². The van der Waals surface area contributed by atoms with E-state index in [-0.39, 0.29) is 10.5 Å². The molecule has 2 N–H and O–H groups in total. The fourth-order valence-corrected chi connectivity index (χ4v) is 4.06. The van der Waals surface area contributed by atoms with E-state index in [0.29, 0.717) is 16.4 Å². The highest BCUT2D eigenvalue weighted by Crippen LogP contribution is 2.22. The summed E-state index contributed by atoms with van der Waals surface area (Å²) in [6, 6.07) is 18.1. The highest BCUT2D eigenvalue weighted by Gasteiger charge is 2.17. The van der Waals surface area contributed by atoms with Crippen LogP contribution in [0.1, 0.15) is 21.5 Å². The van der Waals surface area contributed by atoms with Gasteiger partial charge in [-0.2, -0.15) is 0 Å². The van der Waals surface area contributed by atoms with Gasteiger partial charge in [-0.1, -0.05) is 35.9 Å². The number of carbonyl (C=O) groups is 1. The summed E-state index contributed by atoms with van der Waals surface area (Å²) in [5.41, 5.74) is 2.96. The van der Waals surface area contributed by atoms with Gasteiger partial charge >= 0.3 is 0 Å². The number of carbonyl (C=O) groups excluding carboxylic acids is 1. The number of amides is 1. The third-order valence-electron chi connectivity index (χ3n) is 4.23. The van der Waals surface area contributed by atoms with Gasteiger partial charge < -0.3 is 5.32 Å². The maximum Gasteiger partial charge on any atom is 0.261 e. The lowest BCUT2D eigenvalue weighted by molar-refractivity contribution is 0.102. The topological polar surface area (TPSA) is 75.3 Å². The number of rotatable bonds is 5. The van der Waals surface area contributed by atoms with Crippen LogP contribution >= 0.6 is 11.6 Å². The molecule has 0 aliphatic rings. The number of anilines is 2. The number of nitrogens with one attached hydrogen (secondary N) is 2. The van der Waals surface area contributed by atoms with Crippen LogP contribution in [0.15, 0.2) is 71.6 Å². The summed E-state index contributed by atoms with van der Waals surface area (Å²) in [5.74, 6) is -0.404. The molecular formula is C21H19ClN2O3S. The Bertz CT molecular complexity index is 1140. The van der Waals surface area contributed by atoms with Crippen LogP contribution in [0.25, 0.3) is 0 Å². The Morgan fingerprint density at radius 3 is 2.32 bits per heavy atom. The molecular weight excluding hydrogens is 396 g/mol. The zero-order valence-corrected chi connectivity index (χ0v) is 16.9. The first-order valence-corrected chi connectivity index (χ1v) is 10.4. The van der Waals surface area contributed by atoms with Crippen LogP contribution in [0.3, 0.4) is 0 Å². The van der Waals surface area contributed by atoms with E-state index in [1.165, 1.54) is 18.2 Å². The fraction of sp³-hybridized carbons (Fsp3) is 0.0952. The third-order valence-corrected chi connectivity index (χ3v) is 5.83. The van der Waals surface area contributed by atoms with Gasteiger partial charge in [-0.05, 0) is 67.4 Å². The van der Waals surface area contributed by atoms with Crippen molar-refractivity contribution in [2.45, 2.75) is 18.7 Å². The number of sulfonamides is 1. The Kier molecular flexibility index (Phi) is 5.72. The molecule has 0 heterocycles. The number of para-hydroxylation sites is 1. The maximum atomic E-state index is 12.7. The first-order valence-electron chi connectivity index (χ1n) is 8.52. The molecule has 0 bridgehead atoms. The normalized spacial score (nSPS) is 11.1. The summed E-state index contributed by atoms with van der Waals surface area (Å²) in [7, 11) is -3.83. The van der Waals surface area contributed by atoms with E-state index >= 15 is 0 Å². The summed E-state index contributed by atoms with van der Waals surface area (Å²) in [4.78, 5) is 12.6. The predicted octanol–water partition coefficient (Wildman–Crippen LogP) is 5.01. The number of hydrogen-bond donors (Lipinski definition) is 2. The molecule has 0 aromatic heterocycles. The van der Waals surface area contributed by atoms with Gasteiger partial charge in [0.05, 0.1) is 10.6 Å². The van der Waals surface area contributed by atoms with Crippen LogP contribution in [-0.2, 0) is 10.0 Å². The standard InChI is InChI=1S/C21H19ClN2O3S/c1-14-6-3-4-9-20(14)24-28(26,27)18-8-5-7-16(13-18)21(25)23-19-11-10-17(22)12-15(19)2/h3-13,24H,1-2H3,(H,23,25). The van der Waals surface area contributed by atoms with Gasteiger partial charge in [-0.3, -0.25) is 9.52 Å². The van der Waals surface area contributed by atoms with Crippen molar-refractivity contribution in [3.05, 3.63) is 88.4 Å². The second-order valence-corrected chi connectivity index (χ2v) is 8.48. The van der Waals surface area contributed by atoms with Crippen molar-refractivity contribution >= 4 is 38.9 Å². The SMILES string of the molecule is Cc1cc(Cl)ccc1NC(=O)c1cccc(S(=O)(=O)Nc2ccccc2C)c1. The van der Waals surface area contributed by atoms with E-state index in [1.54, 1.807) is 36.4 Å². The van der Waals surface area contributed by atoms with Crippen molar-refractivity contribution in [3.63, 3.8) is 0 Å². The molecule has 0 aliphatic carbocycles. The van der Waals surface area contributed by atoms with E-state index in [4.69, 9.17) is 11.6 Å². The number of benzene rings is 3. The quantitative estimate of drug-likeness (QED) is 0.616. The zero-order chi connectivity index (χ0) is 20.3. The molecule has 0 saturated heterocycles. The molecule has 0 spiro atoms. The fourth-order valence-electron chi connectivity index (χ4n) is 2.66. The lowest BCUT2D eigenvalue weighted by Crippen LogP contribution is -2.16. The molecule has 0 atom stereocenters. The molecule has 3 aromatic rings. The van der Waals surface area contributed by atoms with E-state index in [0.717, 1.165) is 11.1 Å². The molecule has 3 rings (SSSR count). The van der Waals surface area contributed by atoms with Crippen molar-refractivity contribution < 1.29 is 13.2 Å². The van der Waals surface area contributed by atoms with E-state index in [1.807, 2.05) is 26.0 Å². The molecule has 1 amide bonds. The van der Waals surface area contributed by atoms with Gasteiger partial charge in [-0.15, -0.1) is 0 Å². The molecule has 0 radical (unpaired) electrons. The lowest BCUT2D eigenvalue weighted by Gasteiger charge is -2.12. The van der Waals surface area contributed by atoms with Crippen molar-refractivity contribution in [2.75, 3.05) is 10.0 Å². The molecule has 0 aliphatic heterocycles. The smallest absolute Gasteiger partial charge is 0.261 e. The largest absolute Gasteiger partial charge is 0.322 e. The Labute approximate surface area is 169 Å². The average Bonchev–Trinajstić information content (AvgIpc) is 2.66. The van der Waals surface area contributed by atoms with Crippen LogP contribution in [0, 0.1) is 13.8 Å². The number of halogens is 1. The highest BCUT2D eigenvalue weighted by molar-refractivity contribution is 7.92. The Morgan fingerprint density at radius 2 is 1.61 bits per heavy atom. The van der Waals surface area contributed by atoms with Crippen LogP contribution in [-0.4, -0.2) is 14.3 Å². The van der Waals surface area contributed by atoms with Gasteiger partial charge in [0.15, 0.2) is 0 Å². The van der Waals surface area contributed by atoms with Crippen LogP contribution in [0.5, 0.6) is 0 Å². The van der Waals surface area contributed by atoms with Crippen LogP contribution in [0.2, 0.25) is 5.02 Å². The molecule has 7 heteroatoms. The van der Waals surface area contributed by atoms with Crippen molar-refractivity contribution in [2.24, 2.45) is 0 Å².